The summed E-state index contributed by atoms with van der Waals surface area (Å²) in [4.78, 5) is 11.4. The Hall–Kier alpha value is -1.43. The molecule has 0 aliphatic heterocycles. The van der Waals surface area contributed by atoms with Crippen LogP contribution in [0.15, 0.2) is 12.1 Å². The Labute approximate surface area is 106 Å². The summed E-state index contributed by atoms with van der Waals surface area (Å²) in [5.74, 6) is -2.76. The van der Waals surface area contributed by atoms with Crippen molar-refractivity contribution in [1.82, 2.24) is 0 Å². The number of benzene rings is 1. The molecule has 3 nitrogen and oxygen atoms in total. The number of hydrogen-bond donors (Lipinski definition) is 0. The van der Waals surface area contributed by atoms with Gasteiger partial charge in [-0.25, -0.2) is 9.18 Å². The van der Waals surface area contributed by atoms with Crippen LogP contribution in [0.3, 0.4) is 0 Å². The predicted octanol–water partition coefficient (Wildman–Crippen LogP) is 3.34. The standard InChI is InChI=1S/C11H10ClF3O3/c1-2-17-10(16)9-7(13)3-6(5-12)4-8(9)18-11(14)15/h3-4,11H,2,5H2,1H3. The van der Waals surface area contributed by atoms with Crippen molar-refractivity contribution in [1.29, 1.82) is 0 Å². The lowest BCUT2D eigenvalue weighted by molar-refractivity contribution is -0.0506. The Bertz CT molecular complexity index is 438. The minimum Gasteiger partial charge on any atom is -0.462 e. The van der Waals surface area contributed by atoms with Gasteiger partial charge >= 0.3 is 12.6 Å². The number of rotatable bonds is 5. The Balaban J connectivity index is 3.23. The van der Waals surface area contributed by atoms with Crippen LogP contribution >= 0.6 is 11.6 Å². The van der Waals surface area contributed by atoms with Gasteiger partial charge in [-0.1, -0.05) is 0 Å². The number of alkyl halides is 3. The highest BCUT2D eigenvalue weighted by atomic mass is 35.5. The highest BCUT2D eigenvalue weighted by Gasteiger charge is 2.22. The number of hydrogen-bond acceptors (Lipinski definition) is 3. The fourth-order valence-corrected chi connectivity index (χ4v) is 1.46. The first kappa shape index (κ1) is 14.6. The van der Waals surface area contributed by atoms with Gasteiger partial charge in [0.1, 0.15) is 17.1 Å². The van der Waals surface area contributed by atoms with Gasteiger partial charge in [0.05, 0.1) is 6.61 Å². The number of carbonyl (C=O) groups is 1. The topological polar surface area (TPSA) is 35.5 Å². The van der Waals surface area contributed by atoms with E-state index in [4.69, 9.17) is 11.6 Å². The second-order valence-corrected chi connectivity index (χ2v) is 3.45. The zero-order valence-corrected chi connectivity index (χ0v) is 10.1. The lowest BCUT2D eigenvalue weighted by Crippen LogP contribution is -2.13. The van der Waals surface area contributed by atoms with Gasteiger partial charge in [0, 0.05) is 5.88 Å². The molecule has 0 N–H and O–H groups in total. The van der Waals surface area contributed by atoms with Crippen molar-refractivity contribution < 1.29 is 27.4 Å². The molecule has 0 heterocycles. The van der Waals surface area contributed by atoms with Gasteiger partial charge in [0.2, 0.25) is 0 Å². The second-order valence-electron chi connectivity index (χ2n) is 3.18. The Morgan fingerprint density at radius 1 is 1.44 bits per heavy atom. The molecule has 0 fully saturated rings. The molecule has 0 radical (unpaired) electrons. The van der Waals surface area contributed by atoms with Gasteiger partial charge in [0.15, 0.2) is 0 Å². The van der Waals surface area contributed by atoms with Crippen molar-refractivity contribution in [3.63, 3.8) is 0 Å². The number of esters is 1. The molecule has 100 valence electrons. The summed E-state index contributed by atoms with van der Waals surface area (Å²) in [7, 11) is 0. The molecule has 18 heavy (non-hydrogen) atoms. The molecule has 0 amide bonds. The molecule has 0 aliphatic carbocycles. The molecule has 0 unspecified atom stereocenters. The Kier molecular flexibility index (Phi) is 5.27. The van der Waals surface area contributed by atoms with E-state index >= 15 is 0 Å². The van der Waals surface area contributed by atoms with E-state index in [9.17, 15) is 18.0 Å². The van der Waals surface area contributed by atoms with E-state index < -0.39 is 29.7 Å². The summed E-state index contributed by atoms with van der Waals surface area (Å²) < 4.78 is 46.7. The molecule has 1 rings (SSSR count). The molecule has 7 heteroatoms. The molecule has 1 aromatic rings. The number of halogens is 4. The Morgan fingerprint density at radius 3 is 2.61 bits per heavy atom. The van der Waals surface area contributed by atoms with Crippen molar-refractivity contribution in [3.8, 4) is 5.75 Å². The normalized spacial score (nSPS) is 10.6. The van der Waals surface area contributed by atoms with E-state index in [1.807, 2.05) is 0 Å². The smallest absolute Gasteiger partial charge is 0.387 e. The average Bonchev–Trinajstić information content (AvgIpc) is 2.27. The van der Waals surface area contributed by atoms with Gasteiger partial charge < -0.3 is 9.47 Å². The summed E-state index contributed by atoms with van der Waals surface area (Å²) in [5, 5.41) is 0. The Morgan fingerprint density at radius 2 is 2.11 bits per heavy atom. The average molecular weight is 283 g/mol. The van der Waals surface area contributed by atoms with Crippen molar-refractivity contribution in [2.24, 2.45) is 0 Å². The molecule has 0 aliphatic rings. The van der Waals surface area contributed by atoms with Crippen molar-refractivity contribution >= 4 is 17.6 Å². The van der Waals surface area contributed by atoms with Crippen LogP contribution in [-0.4, -0.2) is 19.2 Å². The van der Waals surface area contributed by atoms with Crippen LogP contribution in [0.25, 0.3) is 0 Å². The summed E-state index contributed by atoms with van der Waals surface area (Å²) in [6.07, 6.45) is 0. The molecule has 0 bridgehead atoms. The van der Waals surface area contributed by atoms with E-state index in [0.29, 0.717) is 0 Å². The number of ether oxygens (including phenoxy) is 2. The molecule has 0 saturated heterocycles. The zero-order valence-electron chi connectivity index (χ0n) is 9.38. The van der Waals surface area contributed by atoms with Gasteiger partial charge in [-0.15, -0.1) is 11.6 Å². The molecule has 0 aromatic heterocycles. The quantitative estimate of drug-likeness (QED) is 0.614. The van der Waals surface area contributed by atoms with E-state index in [1.54, 1.807) is 0 Å². The second kappa shape index (κ2) is 6.49. The lowest BCUT2D eigenvalue weighted by atomic mass is 10.1. The van der Waals surface area contributed by atoms with Crippen molar-refractivity contribution in [2.45, 2.75) is 19.4 Å². The minimum absolute atomic E-state index is 0.0103. The minimum atomic E-state index is -3.18. The monoisotopic (exact) mass is 282 g/mol. The highest BCUT2D eigenvalue weighted by molar-refractivity contribution is 6.17. The first-order valence-electron chi connectivity index (χ1n) is 4.99. The highest BCUT2D eigenvalue weighted by Crippen LogP contribution is 2.27. The van der Waals surface area contributed by atoms with Gasteiger partial charge in [-0.3, -0.25) is 0 Å². The van der Waals surface area contributed by atoms with E-state index in [0.717, 1.165) is 12.1 Å². The first-order chi connectivity index (χ1) is 8.49. The maximum atomic E-state index is 13.6. The van der Waals surface area contributed by atoms with Crippen molar-refractivity contribution in [2.75, 3.05) is 6.61 Å². The van der Waals surface area contributed by atoms with Gasteiger partial charge in [-0.2, -0.15) is 8.78 Å². The fraction of sp³-hybridized carbons (Fsp3) is 0.364. The van der Waals surface area contributed by atoms with E-state index in [2.05, 4.69) is 9.47 Å². The van der Waals surface area contributed by atoms with Crippen LogP contribution in [0.2, 0.25) is 0 Å². The molecular weight excluding hydrogens is 273 g/mol. The largest absolute Gasteiger partial charge is 0.462 e. The van der Waals surface area contributed by atoms with Crippen LogP contribution in [0.5, 0.6) is 5.75 Å². The molecule has 0 atom stereocenters. The summed E-state index contributed by atoms with van der Waals surface area (Å²) in [6, 6.07) is 2.05. The maximum absolute atomic E-state index is 13.6. The van der Waals surface area contributed by atoms with Crippen LogP contribution in [0, 0.1) is 5.82 Å². The molecule has 0 saturated carbocycles. The SMILES string of the molecule is CCOC(=O)c1c(F)cc(CCl)cc1OC(F)F. The lowest BCUT2D eigenvalue weighted by Gasteiger charge is -2.12. The van der Waals surface area contributed by atoms with Crippen molar-refractivity contribution in [3.05, 3.63) is 29.1 Å². The van der Waals surface area contributed by atoms with Crippen LogP contribution in [0.1, 0.15) is 22.8 Å². The summed E-state index contributed by atoms with van der Waals surface area (Å²) in [6.45, 7) is -1.68. The fourth-order valence-electron chi connectivity index (χ4n) is 1.30. The zero-order chi connectivity index (χ0) is 13.7. The third-order valence-electron chi connectivity index (χ3n) is 1.96. The number of carbonyl (C=O) groups excluding carboxylic acids is 1. The van der Waals surface area contributed by atoms with Gasteiger partial charge in [-0.05, 0) is 24.6 Å². The molecule has 0 spiro atoms. The predicted molar refractivity (Wildman–Crippen MR) is 58.5 cm³/mol. The van der Waals surface area contributed by atoms with E-state index in [-0.39, 0.29) is 18.1 Å². The summed E-state index contributed by atoms with van der Waals surface area (Å²) in [5.41, 5.74) is -0.441. The molecule has 1 aromatic carbocycles. The van der Waals surface area contributed by atoms with E-state index in [1.165, 1.54) is 6.92 Å². The maximum Gasteiger partial charge on any atom is 0.387 e. The van der Waals surface area contributed by atoms with Crippen LogP contribution < -0.4 is 4.74 Å². The van der Waals surface area contributed by atoms with Crippen LogP contribution in [0.4, 0.5) is 13.2 Å². The first-order valence-corrected chi connectivity index (χ1v) is 5.53. The third kappa shape index (κ3) is 3.53. The third-order valence-corrected chi connectivity index (χ3v) is 2.27. The van der Waals surface area contributed by atoms with Crippen LogP contribution in [-0.2, 0) is 10.6 Å². The van der Waals surface area contributed by atoms with Gasteiger partial charge in [0.25, 0.3) is 0 Å². The molecular formula is C11H10ClF3O3. The summed E-state index contributed by atoms with van der Waals surface area (Å²) >= 11 is 5.47.